The zero-order valence-electron chi connectivity index (χ0n) is 12.6. The SMILES string of the molecule is COc1ccc(NC(=O)N(CCCC(=O)O)C(C)C)cc1. The highest BCUT2D eigenvalue weighted by Crippen LogP contribution is 2.16. The van der Waals surface area contributed by atoms with E-state index in [-0.39, 0.29) is 18.5 Å². The number of hydrogen-bond acceptors (Lipinski definition) is 3. The maximum absolute atomic E-state index is 12.2. The lowest BCUT2D eigenvalue weighted by atomic mass is 10.2. The Kier molecular flexibility index (Phi) is 6.52. The molecule has 0 aliphatic heterocycles. The Morgan fingerprint density at radius 3 is 2.38 bits per heavy atom. The number of rotatable bonds is 7. The third-order valence-electron chi connectivity index (χ3n) is 3.02. The topological polar surface area (TPSA) is 78.9 Å². The Bertz CT molecular complexity index is 471. The van der Waals surface area contributed by atoms with Crippen LogP contribution < -0.4 is 10.1 Å². The van der Waals surface area contributed by atoms with Gasteiger partial charge in [0.15, 0.2) is 0 Å². The van der Waals surface area contributed by atoms with Crippen molar-refractivity contribution in [2.24, 2.45) is 0 Å². The van der Waals surface area contributed by atoms with E-state index in [4.69, 9.17) is 9.84 Å². The second kappa shape index (κ2) is 8.14. The van der Waals surface area contributed by atoms with E-state index in [2.05, 4.69) is 5.32 Å². The van der Waals surface area contributed by atoms with E-state index in [1.165, 1.54) is 0 Å². The Morgan fingerprint density at radius 1 is 1.29 bits per heavy atom. The van der Waals surface area contributed by atoms with Crippen LogP contribution in [0.25, 0.3) is 0 Å². The van der Waals surface area contributed by atoms with Gasteiger partial charge in [0.25, 0.3) is 0 Å². The van der Waals surface area contributed by atoms with Gasteiger partial charge in [-0.1, -0.05) is 0 Å². The molecule has 2 amide bonds. The number of urea groups is 1. The van der Waals surface area contributed by atoms with Gasteiger partial charge in [-0.15, -0.1) is 0 Å². The number of nitrogens with zero attached hydrogens (tertiary/aromatic N) is 1. The quantitative estimate of drug-likeness (QED) is 0.810. The molecule has 0 saturated heterocycles. The van der Waals surface area contributed by atoms with Gasteiger partial charge in [0.05, 0.1) is 7.11 Å². The number of nitrogens with one attached hydrogen (secondary N) is 1. The molecule has 1 aromatic carbocycles. The van der Waals surface area contributed by atoms with Gasteiger partial charge in [-0.05, 0) is 44.5 Å². The van der Waals surface area contributed by atoms with Crippen LogP contribution in [0.4, 0.5) is 10.5 Å². The third-order valence-corrected chi connectivity index (χ3v) is 3.02. The van der Waals surface area contributed by atoms with E-state index >= 15 is 0 Å². The van der Waals surface area contributed by atoms with Gasteiger partial charge in [-0.25, -0.2) is 4.79 Å². The molecule has 0 heterocycles. The summed E-state index contributed by atoms with van der Waals surface area (Å²) in [5, 5.41) is 11.5. The Hall–Kier alpha value is -2.24. The molecule has 0 unspecified atom stereocenters. The Morgan fingerprint density at radius 2 is 1.90 bits per heavy atom. The fourth-order valence-corrected chi connectivity index (χ4v) is 1.86. The van der Waals surface area contributed by atoms with Crippen LogP contribution in [-0.2, 0) is 4.79 Å². The largest absolute Gasteiger partial charge is 0.497 e. The lowest BCUT2D eigenvalue weighted by molar-refractivity contribution is -0.137. The maximum Gasteiger partial charge on any atom is 0.322 e. The predicted molar refractivity (Wildman–Crippen MR) is 80.7 cm³/mol. The molecule has 0 aromatic heterocycles. The van der Waals surface area contributed by atoms with Crippen molar-refractivity contribution in [3.05, 3.63) is 24.3 Å². The normalized spacial score (nSPS) is 10.3. The fourth-order valence-electron chi connectivity index (χ4n) is 1.86. The molecule has 0 saturated carbocycles. The number of benzene rings is 1. The highest BCUT2D eigenvalue weighted by atomic mass is 16.5. The molecule has 0 fully saturated rings. The summed E-state index contributed by atoms with van der Waals surface area (Å²) in [6, 6.07) is 6.80. The molecular formula is C15H22N2O4. The minimum atomic E-state index is -0.853. The molecule has 0 atom stereocenters. The molecular weight excluding hydrogens is 272 g/mol. The van der Waals surface area contributed by atoms with Gasteiger partial charge in [0.2, 0.25) is 0 Å². The molecule has 0 bridgehead atoms. The van der Waals surface area contributed by atoms with Crippen LogP contribution in [-0.4, -0.2) is 41.7 Å². The van der Waals surface area contributed by atoms with Crippen LogP contribution in [0.5, 0.6) is 5.75 Å². The zero-order valence-corrected chi connectivity index (χ0v) is 12.6. The molecule has 2 N–H and O–H groups in total. The number of aliphatic carboxylic acids is 1. The van der Waals surface area contributed by atoms with Crippen LogP contribution in [0, 0.1) is 0 Å². The van der Waals surface area contributed by atoms with Crippen LogP contribution in [0.2, 0.25) is 0 Å². The minimum absolute atomic E-state index is 0.00274. The van der Waals surface area contributed by atoms with Gasteiger partial charge >= 0.3 is 12.0 Å². The average molecular weight is 294 g/mol. The molecule has 0 aliphatic rings. The van der Waals surface area contributed by atoms with E-state index in [0.717, 1.165) is 5.75 Å². The summed E-state index contributed by atoms with van der Waals surface area (Å²) >= 11 is 0. The predicted octanol–water partition coefficient (Wildman–Crippen LogP) is 2.80. The van der Waals surface area contributed by atoms with Crippen LogP contribution in [0.3, 0.4) is 0 Å². The number of carboxylic acid groups (broad SMARTS) is 1. The van der Waals surface area contributed by atoms with Crippen molar-refractivity contribution in [1.29, 1.82) is 0 Å². The summed E-state index contributed by atoms with van der Waals surface area (Å²) in [5.41, 5.74) is 0.671. The monoisotopic (exact) mass is 294 g/mol. The first kappa shape index (κ1) is 16.8. The van der Waals surface area contributed by atoms with E-state index in [1.807, 2.05) is 13.8 Å². The van der Waals surface area contributed by atoms with Crippen molar-refractivity contribution in [3.8, 4) is 5.75 Å². The van der Waals surface area contributed by atoms with E-state index < -0.39 is 5.97 Å². The standard InChI is InChI=1S/C15H22N2O4/c1-11(2)17(10-4-5-14(18)19)15(20)16-12-6-8-13(21-3)9-7-12/h6-9,11H,4-5,10H2,1-3H3,(H,16,20)(H,18,19). The summed E-state index contributed by atoms with van der Waals surface area (Å²) in [7, 11) is 1.58. The molecule has 0 aliphatic carbocycles. The molecule has 116 valence electrons. The Labute approximate surface area is 124 Å². The van der Waals surface area contributed by atoms with Crippen molar-refractivity contribution >= 4 is 17.7 Å². The number of amides is 2. The highest BCUT2D eigenvalue weighted by molar-refractivity contribution is 5.89. The van der Waals surface area contributed by atoms with Crippen LogP contribution in [0.15, 0.2) is 24.3 Å². The van der Waals surface area contributed by atoms with Crippen molar-refractivity contribution in [1.82, 2.24) is 4.90 Å². The number of hydrogen-bond donors (Lipinski definition) is 2. The van der Waals surface area contributed by atoms with Gasteiger partial charge in [-0.3, -0.25) is 4.79 Å². The molecule has 0 spiro atoms. The first-order valence-corrected chi connectivity index (χ1v) is 6.87. The van der Waals surface area contributed by atoms with E-state index in [9.17, 15) is 9.59 Å². The van der Waals surface area contributed by atoms with Gasteiger partial charge in [0.1, 0.15) is 5.75 Å². The third kappa shape index (κ3) is 5.72. The maximum atomic E-state index is 12.2. The lowest BCUT2D eigenvalue weighted by Crippen LogP contribution is -2.40. The highest BCUT2D eigenvalue weighted by Gasteiger charge is 2.17. The Balaban J connectivity index is 2.60. The first-order chi connectivity index (χ1) is 9.93. The van der Waals surface area contributed by atoms with Crippen LogP contribution in [0.1, 0.15) is 26.7 Å². The van der Waals surface area contributed by atoms with E-state index in [1.54, 1.807) is 36.3 Å². The second-order valence-electron chi connectivity index (χ2n) is 4.94. The average Bonchev–Trinajstić information content (AvgIpc) is 2.43. The number of carboxylic acids is 1. The van der Waals surface area contributed by atoms with Crippen molar-refractivity contribution < 1.29 is 19.4 Å². The number of anilines is 1. The molecule has 1 aromatic rings. The molecule has 1 rings (SSSR count). The molecule has 21 heavy (non-hydrogen) atoms. The molecule has 6 nitrogen and oxygen atoms in total. The van der Waals surface area contributed by atoms with Gasteiger partial charge in [-0.2, -0.15) is 0 Å². The summed E-state index contributed by atoms with van der Waals surface area (Å²) in [6.45, 7) is 4.20. The smallest absolute Gasteiger partial charge is 0.322 e. The van der Waals surface area contributed by atoms with Gasteiger partial charge in [0, 0.05) is 24.7 Å². The first-order valence-electron chi connectivity index (χ1n) is 6.87. The van der Waals surface area contributed by atoms with Crippen LogP contribution >= 0.6 is 0 Å². The zero-order chi connectivity index (χ0) is 15.8. The summed E-state index contributed by atoms with van der Waals surface area (Å²) < 4.78 is 5.06. The van der Waals surface area contributed by atoms with Crippen molar-refractivity contribution in [3.63, 3.8) is 0 Å². The number of methoxy groups -OCH3 is 1. The van der Waals surface area contributed by atoms with E-state index in [0.29, 0.717) is 18.7 Å². The molecule has 6 heteroatoms. The second-order valence-corrected chi connectivity index (χ2v) is 4.94. The lowest BCUT2D eigenvalue weighted by Gasteiger charge is -2.26. The summed E-state index contributed by atoms with van der Waals surface area (Å²) in [6.07, 6.45) is 0.489. The molecule has 0 radical (unpaired) electrons. The fraction of sp³-hybridized carbons (Fsp3) is 0.467. The number of ether oxygens (including phenoxy) is 1. The summed E-state index contributed by atoms with van der Waals surface area (Å²) in [4.78, 5) is 24.4. The number of carbonyl (C=O) groups is 2. The number of carbonyl (C=O) groups excluding carboxylic acids is 1. The van der Waals surface area contributed by atoms with Crippen molar-refractivity contribution in [2.75, 3.05) is 19.0 Å². The van der Waals surface area contributed by atoms with Gasteiger partial charge < -0.3 is 20.1 Å². The van der Waals surface area contributed by atoms with Crippen molar-refractivity contribution in [2.45, 2.75) is 32.7 Å². The minimum Gasteiger partial charge on any atom is -0.497 e. The summed E-state index contributed by atoms with van der Waals surface area (Å²) in [5.74, 6) is -0.135.